The number of rotatable bonds is 3. The lowest BCUT2D eigenvalue weighted by molar-refractivity contribution is 0.0629. The molecule has 1 saturated heterocycles. The van der Waals surface area contributed by atoms with Crippen LogP contribution in [0.4, 0.5) is 4.79 Å². The van der Waals surface area contributed by atoms with Crippen molar-refractivity contribution in [3.8, 4) is 6.07 Å². The average Bonchev–Trinajstić information content (AvgIpc) is 2.52. The van der Waals surface area contributed by atoms with Crippen LogP contribution in [-0.4, -0.2) is 24.1 Å². The highest BCUT2D eigenvalue weighted by molar-refractivity contribution is 5.67. The summed E-state index contributed by atoms with van der Waals surface area (Å²) in [7, 11) is 0. The molecular formula is C17H22N2O2. The summed E-state index contributed by atoms with van der Waals surface area (Å²) in [5.41, 5.74) is 0.984. The zero-order valence-electron chi connectivity index (χ0n) is 12.7. The Bertz CT molecular complexity index is 507. The van der Waals surface area contributed by atoms with Gasteiger partial charge in [-0.15, -0.1) is 0 Å². The number of likely N-dealkylation sites (tertiary alicyclic amines) is 1. The van der Waals surface area contributed by atoms with Crippen molar-refractivity contribution in [2.45, 2.75) is 26.9 Å². The van der Waals surface area contributed by atoms with Gasteiger partial charge in [-0.25, -0.2) is 4.79 Å². The van der Waals surface area contributed by atoms with Crippen molar-refractivity contribution in [3.05, 3.63) is 35.9 Å². The molecular weight excluding hydrogens is 264 g/mol. The highest BCUT2D eigenvalue weighted by atomic mass is 16.6. The van der Waals surface area contributed by atoms with Gasteiger partial charge in [-0.05, 0) is 23.8 Å². The zero-order chi connectivity index (χ0) is 15.2. The summed E-state index contributed by atoms with van der Waals surface area (Å²) in [6.45, 7) is 5.73. The second-order valence-electron chi connectivity index (χ2n) is 5.92. The Morgan fingerprint density at radius 2 is 2.14 bits per heavy atom. The van der Waals surface area contributed by atoms with Crippen molar-refractivity contribution >= 4 is 6.09 Å². The monoisotopic (exact) mass is 286 g/mol. The Hall–Kier alpha value is -2.02. The molecule has 0 N–H and O–H groups in total. The van der Waals surface area contributed by atoms with Gasteiger partial charge < -0.3 is 9.64 Å². The number of piperidine rings is 1. The van der Waals surface area contributed by atoms with Crippen molar-refractivity contribution in [1.82, 2.24) is 4.90 Å². The van der Waals surface area contributed by atoms with Crippen LogP contribution in [0.5, 0.6) is 0 Å². The Morgan fingerprint density at radius 1 is 1.43 bits per heavy atom. The summed E-state index contributed by atoms with van der Waals surface area (Å²) >= 11 is 0. The molecule has 112 valence electrons. The van der Waals surface area contributed by atoms with E-state index < -0.39 is 0 Å². The van der Waals surface area contributed by atoms with Crippen LogP contribution >= 0.6 is 0 Å². The van der Waals surface area contributed by atoms with Crippen molar-refractivity contribution in [2.24, 2.45) is 17.8 Å². The van der Waals surface area contributed by atoms with E-state index in [9.17, 15) is 10.1 Å². The largest absolute Gasteiger partial charge is 0.445 e. The van der Waals surface area contributed by atoms with E-state index in [1.165, 1.54) is 0 Å². The molecule has 1 aliphatic rings. The molecule has 0 bridgehead atoms. The Balaban J connectivity index is 1.90. The maximum absolute atomic E-state index is 12.2. The number of ether oxygens (including phenoxy) is 1. The third-order valence-electron chi connectivity index (χ3n) is 4.14. The van der Waals surface area contributed by atoms with E-state index in [-0.39, 0.29) is 17.9 Å². The predicted octanol–water partition coefficient (Wildman–Crippen LogP) is 3.44. The van der Waals surface area contributed by atoms with Gasteiger partial charge in [0.05, 0.1) is 12.0 Å². The summed E-state index contributed by atoms with van der Waals surface area (Å²) in [4.78, 5) is 13.9. The van der Waals surface area contributed by atoms with Gasteiger partial charge >= 0.3 is 6.09 Å². The lowest BCUT2D eigenvalue weighted by Gasteiger charge is -2.37. The van der Waals surface area contributed by atoms with Crippen molar-refractivity contribution in [3.63, 3.8) is 0 Å². The molecule has 4 heteroatoms. The fraction of sp³-hybridized carbons (Fsp3) is 0.529. The first kappa shape index (κ1) is 15.4. The normalized spacial score (nSPS) is 21.9. The number of nitriles is 1. The Kier molecular flexibility index (Phi) is 5.21. The maximum Gasteiger partial charge on any atom is 0.410 e. The molecule has 1 amide bonds. The van der Waals surface area contributed by atoms with Crippen molar-refractivity contribution < 1.29 is 9.53 Å². The van der Waals surface area contributed by atoms with Crippen LogP contribution in [0.2, 0.25) is 0 Å². The van der Waals surface area contributed by atoms with Gasteiger partial charge in [0, 0.05) is 13.1 Å². The second-order valence-corrected chi connectivity index (χ2v) is 5.92. The van der Waals surface area contributed by atoms with Crippen molar-refractivity contribution in [2.75, 3.05) is 13.1 Å². The van der Waals surface area contributed by atoms with Gasteiger partial charge in [0.2, 0.25) is 0 Å². The molecule has 0 saturated carbocycles. The molecule has 1 aromatic rings. The molecule has 0 aromatic heterocycles. The summed E-state index contributed by atoms with van der Waals surface area (Å²) in [6, 6.07) is 12.0. The fourth-order valence-corrected chi connectivity index (χ4v) is 2.79. The smallest absolute Gasteiger partial charge is 0.410 e. The molecule has 2 atom stereocenters. The van der Waals surface area contributed by atoms with E-state index in [4.69, 9.17) is 4.74 Å². The molecule has 1 aliphatic heterocycles. The molecule has 1 fully saturated rings. The van der Waals surface area contributed by atoms with E-state index >= 15 is 0 Å². The van der Waals surface area contributed by atoms with Crippen LogP contribution in [0, 0.1) is 29.1 Å². The number of amides is 1. The standard InChI is InChI=1S/C17H22N2O2/c1-13(2)16-11-19(9-8-15(16)10-18)17(20)21-12-14-6-4-3-5-7-14/h3-7,13,15-16H,8-9,11-12H2,1-2H3. The molecule has 2 unspecified atom stereocenters. The van der Waals surface area contributed by atoms with Crippen LogP contribution < -0.4 is 0 Å². The minimum Gasteiger partial charge on any atom is -0.445 e. The molecule has 2 rings (SSSR count). The summed E-state index contributed by atoms with van der Waals surface area (Å²) in [5, 5.41) is 9.20. The molecule has 0 aliphatic carbocycles. The van der Waals surface area contributed by atoms with Crippen LogP contribution in [0.25, 0.3) is 0 Å². The summed E-state index contributed by atoms with van der Waals surface area (Å²) < 4.78 is 5.37. The second kappa shape index (κ2) is 7.12. The molecule has 1 aromatic carbocycles. The first-order valence-electron chi connectivity index (χ1n) is 7.47. The SMILES string of the molecule is CC(C)C1CN(C(=O)OCc2ccccc2)CCC1C#N. The van der Waals surface area contributed by atoms with Gasteiger partial charge in [0.15, 0.2) is 0 Å². The summed E-state index contributed by atoms with van der Waals surface area (Å²) in [6.07, 6.45) is 0.459. The molecule has 0 radical (unpaired) electrons. The van der Waals surface area contributed by atoms with E-state index in [1.54, 1.807) is 4.90 Å². The van der Waals surface area contributed by atoms with Crippen LogP contribution in [-0.2, 0) is 11.3 Å². The summed E-state index contributed by atoms with van der Waals surface area (Å²) in [5.74, 6) is 0.663. The van der Waals surface area contributed by atoms with Crippen LogP contribution in [0.15, 0.2) is 30.3 Å². The third-order valence-corrected chi connectivity index (χ3v) is 4.14. The maximum atomic E-state index is 12.2. The molecule has 4 nitrogen and oxygen atoms in total. The number of carbonyl (C=O) groups excluding carboxylic acids is 1. The molecule has 0 spiro atoms. The van der Waals surface area contributed by atoms with Gasteiger partial charge in [-0.1, -0.05) is 44.2 Å². The van der Waals surface area contributed by atoms with Crippen molar-refractivity contribution in [1.29, 1.82) is 5.26 Å². The Labute approximate surface area is 126 Å². The number of carbonyl (C=O) groups is 1. The lowest BCUT2D eigenvalue weighted by atomic mass is 9.79. The fourth-order valence-electron chi connectivity index (χ4n) is 2.79. The highest BCUT2D eigenvalue weighted by Crippen LogP contribution is 2.29. The quantitative estimate of drug-likeness (QED) is 0.855. The van der Waals surface area contributed by atoms with Gasteiger partial charge in [-0.2, -0.15) is 5.26 Å². The topological polar surface area (TPSA) is 53.3 Å². The van der Waals surface area contributed by atoms with E-state index in [0.29, 0.717) is 25.6 Å². The average molecular weight is 286 g/mol. The zero-order valence-corrected chi connectivity index (χ0v) is 12.7. The minimum atomic E-state index is -0.277. The number of benzene rings is 1. The van der Waals surface area contributed by atoms with Gasteiger partial charge in [-0.3, -0.25) is 0 Å². The molecule has 1 heterocycles. The predicted molar refractivity (Wildman–Crippen MR) is 80.2 cm³/mol. The number of hydrogen-bond acceptors (Lipinski definition) is 3. The number of hydrogen-bond donors (Lipinski definition) is 0. The van der Waals surface area contributed by atoms with Crippen LogP contribution in [0.1, 0.15) is 25.8 Å². The highest BCUT2D eigenvalue weighted by Gasteiger charge is 2.33. The number of nitrogens with zero attached hydrogens (tertiary/aromatic N) is 2. The van der Waals surface area contributed by atoms with E-state index in [0.717, 1.165) is 12.0 Å². The molecule has 21 heavy (non-hydrogen) atoms. The Morgan fingerprint density at radius 3 is 2.76 bits per heavy atom. The minimum absolute atomic E-state index is 0.0446. The van der Waals surface area contributed by atoms with E-state index in [2.05, 4.69) is 19.9 Å². The first-order valence-corrected chi connectivity index (χ1v) is 7.47. The lowest BCUT2D eigenvalue weighted by Crippen LogP contribution is -2.45. The van der Waals surface area contributed by atoms with Crippen LogP contribution in [0.3, 0.4) is 0 Å². The van der Waals surface area contributed by atoms with Gasteiger partial charge in [0.25, 0.3) is 0 Å². The first-order chi connectivity index (χ1) is 10.1. The van der Waals surface area contributed by atoms with E-state index in [1.807, 2.05) is 30.3 Å². The third kappa shape index (κ3) is 3.98. The van der Waals surface area contributed by atoms with Gasteiger partial charge in [0.1, 0.15) is 6.61 Å².